The molecule has 0 radical (unpaired) electrons. The summed E-state index contributed by atoms with van der Waals surface area (Å²) in [5.41, 5.74) is 0. The Bertz CT molecular complexity index is 739. The Morgan fingerprint density at radius 3 is 2.63 bits per heavy atom. The number of urea groups is 1. The van der Waals surface area contributed by atoms with E-state index in [4.69, 9.17) is 11.6 Å². The zero-order valence-electron chi connectivity index (χ0n) is 15.3. The van der Waals surface area contributed by atoms with Gasteiger partial charge in [0.05, 0.1) is 10.1 Å². The average molecular weight is 436 g/mol. The fraction of sp³-hybridized carbons (Fsp3) is 0.611. The lowest BCUT2D eigenvalue weighted by atomic mass is 10.1. The lowest BCUT2D eigenvalue weighted by Gasteiger charge is -2.32. The van der Waals surface area contributed by atoms with E-state index in [2.05, 4.69) is 10.2 Å². The van der Waals surface area contributed by atoms with Gasteiger partial charge in [-0.1, -0.05) is 17.7 Å². The van der Waals surface area contributed by atoms with Crippen molar-refractivity contribution in [3.63, 3.8) is 0 Å². The zero-order valence-corrected chi connectivity index (χ0v) is 17.7. The number of hydrogen-bond donors (Lipinski definition) is 1. The summed E-state index contributed by atoms with van der Waals surface area (Å²) in [6.07, 6.45) is 3.70. The smallest absolute Gasteiger partial charge is 0.317 e. The van der Waals surface area contributed by atoms with Crippen LogP contribution < -0.4 is 5.32 Å². The van der Waals surface area contributed by atoms with Crippen molar-refractivity contribution in [1.82, 2.24) is 15.1 Å². The highest BCUT2D eigenvalue weighted by atomic mass is 35.5. The highest BCUT2D eigenvalue weighted by Crippen LogP contribution is 2.25. The number of benzene rings is 1. The third-order valence-electron chi connectivity index (χ3n) is 5.13. The number of amides is 2. The maximum Gasteiger partial charge on any atom is 0.317 e. The zero-order chi connectivity index (χ0) is 18.6. The summed E-state index contributed by atoms with van der Waals surface area (Å²) in [6, 6.07) is 6.17. The quantitative estimate of drug-likeness (QED) is 0.771. The van der Waals surface area contributed by atoms with Crippen LogP contribution in [-0.2, 0) is 9.84 Å². The van der Waals surface area contributed by atoms with Gasteiger partial charge >= 0.3 is 6.03 Å². The number of piperidine rings is 1. The van der Waals surface area contributed by atoms with E-state index in [-0.39, 0.29) is 29.9 Å². The molecule has 27 heavy (non-hydrogen) atoms. The average Bonchev–Trinajstić information content (AvgIpc) is 3.15. The van der Waals surface area contributed by atoms with Crippen LogP contribution in [0, 0.1) is 0 Å². The highest BCUT2D eigenvalue weighted by molar-refractivity contribution is 7.92. The predicted molar refractivity (Wildman–Crippen MR) is 110 cm³/mol. The van der Waals surface area contributed by atoms with Crippen LogP contribution in [0.2, 0.25) is 5.02 Å². The Labute approximate surface area is 172 Å². The number of sulfone groups is 1. The maximum absolute atomic E-state index is 12.9. The summed E-state index contributed by atoms with van der Waals surface area (Å²) in [5, 5.41) is 2.75. The SMILES string of the molecule is Cl.O=C(NCCN1CCCC1)N1CCCC(S(=O)(=O)c2cccc(Cl)c2)C1. The van der Waals surface area contributed by atoms with Gasteiger partial charge in [0.15, 0.2) is 9.84 Å². The van der Waals surface area contributed by atoms with Gasteiger partial charge in [-0.05, 0) is 57.0 Å². The molecule has 1 N–H and O–H groups in total. The third-order valence-corrected chi connectivity index (χ3v) is 7.54. The molecular formula is C18H27Cl2N3O3S. The molecule has 0 aromatic heterocycles. The molecule has 9 heteroatoms. The summed E-state index contributed by atoms with van der Waals surface area (Å²) >= 11 is 5.94. The van der Waals surface area contributed by atoms with Crippen molar-refractivity contribution in [1.29, 1.82) is 0 Å². The van der Waals surface area contributed by atoms with Crippen molar-refractivity contribution < 1.29 is 13.2 Å². The molecule has 3 rings (SSSR count). The number of nitrogens with zero attached hydrogens (tertiary/aromatic N) is 2. The molecule has 2 fully saturated rings. The summed E-state index contributed by atoms with van der Waals surface area (Å²) < 4.78 is 25.7. The van der Waals surface area contributed by atoms with E-state index in [1.54, 1.807) is 23.1 Å². The van der Waals surface area contributed by atoms with Crippen LogP contribution in [0.25, 0.3) is 0 Å². The molecule has 1 aromatic rings. The maximum atomic E-state index is 12.9. The predicted octanol–water partition coefficient (Wildman–Crippen LogP) is 2.81. The molecule has 1 unspecified atom stereocenters. The Morgan fingerprint density at radius 1 is 1.19 bits per heavy atom. The minimum atomic E-state index is -3.50. The second kappa shape index (κ2) is 9.96. The van der Waals surface area contributed by atoms with Crippen molar-refractivity contribution in [2.45, 2.75) is 35.8 Å². The van der Waals surface area contributed by atoms with E-state index in [1.165, 1.54) is 18.9 Å². The molecule has 1 atom stereocenters. The van der Waals surface area contributed by atoms with Gasteiger partial charge in [0, 0.05) is 31.2 Å². The van der Waals surface area contributed by atoms with Crippen molar-refractivity contribution in [3.8, 4) is 0 Å². The second-order valence-electron chi connectivity index (χ2n) is 6.99. The molecule has 2 aliphatic heterocycles. The van der Waals surface area contributed by atoms with Crippen molar-refractivity contribution in [2.75, 3.05) is 39.3 Å². The van der Waals surface area contributed by atoms with Crippen LogP contribution in [0.3, 0.4) is 0 Å². The molecular weight excluding hydrogens is 409 g/mol. The summed E-state index contributed by atoms with van der Waals surface area (Å²) in [6.45, 7) is 4.46. The molecule has 0 aliphatic carbocycles. The second-order valence-corrected chi connectivity index (χ2v) is 9.66. The van der Waals surface area contributed by atoms with Crippen LogP contribution in [0.15, 0.2) is 29.2 Å². The first-order valence-electron chi connectivity index (χ1n) is 9.21. The van der Waals surface area contributed by atoms with Crippen LogP contribution in [0.5, 0.6) is 0 Å². The minimum Gasteiger partial charge on any atom is -0.337 e. The van der Waals surface area contributed by atoms with E-state index in [1.807, 2.05) is 0 Å². The van der Waals surface area contributed by atoms with Crippen LogP contribution in [0.4, 0.5) is 4.79 Å². The van der Waals surface area contributed by atoms with Gasteiger partial charge < -0.3 is 15.1 Å². The Kier molecular flexibility index (Phi) is 8.21. The first-order valence-corrected chi connectivity index (χ1v) is 11.1. The van der Waals surface area contributed by atoms with Gasteiger partial charge in [-0.25, -0.2) is 13.2 Å². The number of rotatable bonds is 5. The van der Waals surface area contributed by atoms with Crippen LogP contribution >= 0.6 is 24.0 Å². The molecule has 2 aliphatic rings. The first kappa shape index (κ1) is 22.3. The normalized spacial score (nSPS) is 20.9. The molecule has 0 spiro atoms. The molecule has 0 saturated carbocycles. The summed E-state index contributed by atoms with van der Waals surface area (Å²) in [4.78, 5) is 16.6. The number of carbonyl (C=O) groups excluding carboxylic acids is 1. The molecule has 0 bridgehead atoms. The lowest BCUT2D eigenvalue weighted by molar-refractivity contribution is 0.185. The minimum absolute atomic E-state index is 0. The molecule has 2 saturated heterocycles. The fourth-order valence-corrected chi connectivity index (χ4v) is 5.70. The molecule has 2 heterocycles. The molecule has 1 aromatic carbocycles. The number of nitrogens with one attached hydrogen (secondary N) is 1. The van der Waals surface area contributed by atoms with Gasteiger partial charge in [0.25, 0.3) is 0 Å². The van der Waals surface area contributed by atoms with E-state index in [0.29, 0.717) is 31.0 Å². The van der Waals surface area contributed by atoms with Crippen molar-refractivity contribution in [2.24, 2.45) is 0 Å². The number of halogens is 2. The van der Waals surface area contributed by atoms with Crippen molar-refractivity contribution in [3.05, 3.63) is 29.3 Å². The number of carbonyl (C=O) groups is 1. The first-order chi connectivity index (χ1) is 12.5. The van der Waals surface area contributed by atoms with Gasteiger partial charge in [0.1, 0.15) is 0 Å². The van der Waals surface area contributed by atoms with Gasteiger partial charge in [-0.3, -0.25) is 0 Å². The van der Waals surface area contributed by atoms with Crippen molar-refractivity contribution >= 4 is 39.9 Å². The van der Waals surface area contributed by atoms with Gasteiger partial charge in [0.2, 0.25) is 0 Å². The topological polar surface area (TPSA) is 69.7 Å². The third kappa shape index (κ3) is 5.73. The largest absolute Gasteiger partial charge is 0.337 e. The molecule has 2 amide bonds. The standard InChI is InChI=1S/C18H26ClN3O3S.ClH/c19-15-5-3-6-16(13-15)26(24,25)17-7-4-11-22(14-17)18(23)20-8-12-21-9-1-2-10-21;/h3,5-6,13,17H,1-2,4,7-12,14H2,(H,20,23);1H. The van der Waals surface area contributed by atoms with Crippen LogP contribution in [0.1, 0.15) is 25.7 Å². The van der Waals surface area contributed by atoms with Gasteiger partial charge in [-0.2, -0.15) is 0 Å². The number of hydrogen-bond acceptors (Lipinski definition) is 4. The van der Waals surface area contributed by atoms with E-state index >= 15 is 0 Å². The van der Waals surface area contributed by atoms with E-state index < -0.39 is 15.1 Å². The fourth-order valence-electron chi connectivity index (χ4n) is 3.65. The van der Waals surface area contributed by atoms with Gasteiger partial charge in [-0.15, -0.1) is 12.4 Å². The Balaban J connectivity index is 0.00000261. The summed E-state index contributed by atoms with van der Waals surface area (Å²) in [5.74, 6) is 0. The highest BCUT2D eigenvalue weighted by Gasteiger charge is 2.33. The Hall–Kier alpha value is -1.02. The van der Waals surface area contributed by atoms with E-state index in [9.17, 15) is 13.2 Å². The van der Waals surface area contributed by atoms with Crippen LogP contribution in [-0.4, -0.2) is 68.8 Å². The molecule has 152 valence electrons. The monoisotopic (exact) mass is 435 g/mol. The van der Waals surface area contributed by atoms with E-state index in [0.717, 1.165) is 19.6 Å². The Morgan fingerprint density at radius 2 is 1.93 bits per heavy atom. The summed E-state index contributed by atoms with van der Waals surface area (Å²) in [7, 11) is -3.50. The molecule has 6 nitrogen and oxygen atoms in total. The number of likely N-dealkylation sites (tertiary alicyclic amines) is 2. The lowest BCUT2D eigenvalue weighted by Crippen LogP contribution is -2.50.